The average Bonchev–Trinajstić information content (AvgIpc) is 2.81. The molecule has 0 aliphatic heterocycles. The Hall–Kier alpha value is -3.30. The van der Waals surface area contributed by atoms with Crippen LogP contribution < -0.4 is 9.47 Å². The van der Waals surface area contributed by atoms with Crippen molar-refractivity contribution in [3.63, 3.8) is 0 Å². The number of fused-ring (bicyclic) bond motifs is 1. The molecule has 160 valence electrons. The van der Waals surface area contributed by atoms with Crippen molar-refractivity contribution in [2.24, 2.45) is 17.3 Å². The maximum Gasteiger partial charge on any atom is 0.189 e. The summed E-state index contributed by atoms with van der Waals surface area (Å²) in [7, 11) is 1.57. The largest absolute Gasteiger partial charge is 0.493 e. The van der Waals surface area contributed by atoms with E-state index in [1.165, 1.54) is 0 Å². The van der Waals surface area contributed by atoms with E-state index in [0.29, 0.717) is 18.1 Å². The standard InChI is InChI=1S/C25H28N4O2/c1-3-4-7-12-31-21-11-10-17(13-22(21)30-2)23-19-9-6-5-8-18(19)20(14-26)24(29)25(23,15-27)16-28/h8,10-11,13,19-20,23,29H,3-7,9,12H2,1-2H3/t19-,20-,23-/m0/s1. The number of unbranched alkanes of at least 4 members (excludes halogenated alkanes) is 2. The van der Waals surface area contributed by atoms with E-state index in [4.69, 9.17) is 14.9 Å². The summed E-state index contributed by atoms with van der Waals surface area (Å²) in [6.07, 6.45) is 7.75. The molecule has 1 N–H and O–H groups in total. The highest BCUT2D eigenvalue weighted by atomic mass is 16.5. The topological polar surface area (TPSA) is 114 Å². The normalized spacial score (nSPS) is 24.0. The van der Waals surface area contributed by atoms with Gasteiger partial charge in [0.05, 0.1) is 37.6 Å². The number of methoxy groups -OCH3 is 1. The fourth-order valence-corrected chi connectivity index (χ4v) is 4.92. The van der Waals surface area contributed by atoms with Crippen LogP contribution in [0.25, 0.3) is 0 Å². The summed E-state index contributed by atoms with van der Waals surface area (Å²) in [6, 6.07) is 12.0. The quantitative estimate of drug-likeness (QED) is 0.480. The molecule has 3 atom stereocenters. The van der Waals surface area contributed by atoms with E-state index in [-0.39, 0.29) is 11.6 Å². The van der Waals surface area contributed by atoms with Gasteiger partial charge in [0.25, 0.3) is 0 Å². The van der Waals surface area contributed by atoms with Crippen molar-refractivity contribution in [2.75, 3.05) is 13.7 Å². The molecule has 6 nitrogen and oxygen atoms in total. The third kappa shape index (κ3) is 3.89. The van der Waals surface area contributed by atoms with E-state index in [9.17, 15) is 15.8 Å². The van der Waals surface area contributed by atoms with Gasteiger partial charge in [-0.2, -0.15) is 15.8 Å². The van der Waals surface area contributed by atoms with Gasteiger partial charge in [-0.3, -0.25) is 0 Å². The molecule has 1 saturated carbocycles. The Morgan fingerprint density at radius 3 is 2.58 bits per heavy atom. The SMILES string of the molecule is CCCCCOc1ccc([C@H]2[C@H]3CCCC=C3[C@H](C#N)C(=N)C2(C#N)C#N)cc1OC. The highest BCUT2D eigenvalue weighted by Crippen LogP contribution is 2.55. The van der Waals surface area contributed by atoms with Crippen molar-refractivity contribution in [2.45, 2.75) is 51.4 Å². The summed E-state index contributed by atoms with van der Waals surface area (Å²) in [5, 5.41) is 38.6. The van der Waals surface area contributed by atoms with E-state index >= 15 is 0 Å². The van der Waals surface area contributed by atoms with Gasteiger partial charge in [0, 0.05) is 5.92 Å². The number of nitrogens with one attached hydrogen (secondary N) is 1. The molecule has 0 unspecified atom stereocenters. The number of rotatable bonds is 7. The van der Waals surface area contributed by atoms with E-state index < -0.39 is 17.3 Å². The van der Waals surface area contributed by atoms with Crippen molar-refractivity contribution < 1.29 is 9.47 Å². The van der Waals surface area contributed by atoms with Crippen LogP contribution in [-0.4, -0.2) is 19.4 Å². The maximum absolute atomic E-state index is 10.1. The van der Waals surface area contributed by atoms with Gasteiger partial charge in [0.15, 0.2) is 16.9 Å². The second-order valence-corrected chi connectivity index (χ2v) is 8.19. The van der Waals surface area contributed by atoms with E-state index in [1.807, 2.05) is 24.3 Å². The van der Waals surface area contributed by atoms with Crippen molar-refractivity contribution in [1.29, 1.82) is 21.2 Å². The van der Waals surface area contributed by atoms with Crippen LogP contribution in [0.4, 0.5) is 0 Å². The highest BCUT2D eigenvalue weighted by molar-refractivity contribution is 6.00. The zero-order valence-corrected chi connectivity index (χ0v) is 18.1. The number of hydrogen-bond donors (Lipinski definition) is 1. The molecule has 2 aliphatic rings. The molecule has 0 heterocycles. The lowest BCUT2D eigenvalue weighted by Crippen LogP contribution is -2.48. The van der Waals surface area contributed by atoms with E-state index in [0.717, 1.165) is 49.7 Å². The van der Waals surface area contributed by atoms with Crippen LogP contribution in [0.1, 0.15) is 56.9 Å². The smallest absolute Gasteiger partial charge is 0.189 e. The predicted molar refractivity (Wildman–Crippen MR) is 117 cm³/mol. The lowest BCUT2D eigenvalue weighted by Gasteiger charge is -2.45. The number of hydrogen-bond acceptors (Lipinski definition) is 6. The van der Waals surface area contributed by atoms with Crippen LogP contribution in [0.2, 0.25) is 0 Å². The third-order valence-corrected chi connectivity index (χ3v) is 6.48. The van der Waals surface area contributed by atoms with Gasteiger partial charge in [-0.25, -0.2) is 0 Å². The Kier molecular flexibility index (Phi) is 6.98. The molecule has 0 bridgehead atoms. The summed E-state index contributed by atoms with van der Waals surface area (Å²) in [5.74, 6) is -0.304. The second kappa shape index (κ2) is 9.67. The molecule has 31 heavy (non-hydrogen) atoms. The van der Waals surface area contributed by atoms with Crippen molar-refractivity contribution >= 4 is 5.71 Å². The molecule has 0 radical (unpaired) electrons. The minimum Gasteiger partial charge on any atom is -0.493 e. The molecule has 2 aliphatic carbocycles. The molecule has 1 aromatic carbocycles. The lowest BCUT2D eigenvalue weighted by molar-refractivity contribution is 0.284. The number of nitrogens with zero attached hydrogens (tertiary/aromatic N) is 3. The van der Waals surface area contributed by atoms with Crippen LogP contribution in [0, 0.1) is 56.7 Å². The monoisotopic (exact) mass is 416 g/mol. The molecule has 0 amide bonds. The second-order valence-electron chi connectivity index (χ2n) is 8.19. The Bertz CT molecular complexity index is 978. The summed E-state index contributed by atoms with van der Waals surface area (Å²) in [6.45, 7) is 2.73. The van der Waals surface area contributed by atoms with Crippen LogP contribution >= 0.6 is 0 Å². The highest BCUT2D eigenvalue weighted by Gasteiger charge is 2.57. The fourth-order valence-electron chi connectivity index (χ4n) is 4.92. The van der Waals surface area contributed by atoms with Crippen LogP contribution in [0.3, 0.4) is 0 Å². The molecule has 3 rings (SSSR count). The number of benzene rings is 1. The first-order chi connectivity index (χ1) is 15.1. The average molecular weight is 417 g/mol. The summed E-state index contributed by atoms with van der Waals surface area (Å²) < 4.78 is 11.5. The van der Waals surface area contributed by atoms with Gasteiger partial charge in [-0.15, -0.1) is 0 Å². The molecule has 1 aromatic rings. The zero-order valence-electron chi connectivity index (χ0n) is 18.1. The van der Waals surface area contributed by atoms with Gasteiger partial charge in [-0.1, -0.05) is 31.9 Å². The first-order valence-electron chi connectivity index (χ1n) is 10.9. The molecule has 0 spiro atoms. The van der Waals surface area contributed by atoms with Gasteiger partial charge >= 0.3 is 0 Å². The summed E-state index contributed by atoms with van der Waals surface area (Å²) >= 11 is 0. The van der Waals surface area contributed by atoms with Gasteiger partial charge < -0.3 is 14.9 Å². The molecule has 1 fully saturated rings. The lowest BCUT2D eigenvalue weighted by atomic mass is 9.53. The predicted octanol–water partition coefficient (Wildman–Crippen LogP) is 5.28. The minimum atomic E-state index is -1.69. The Labute approximate surface area is 184 Å². The van der Waals surface area contributed by atoms with Gasteiger partial charge in [0.1, 0.15) is 5.92 Å². The van der Waals surface area contributed by atoms with E-state index in [1.54, 1.807) is 7.11 Å². The Morgan fingerprint density at radius 2 is 1.94 bits per heavy atom. The summed E-state index contributed by atoms with van der Waals surface area (Å²) in [5.41, 5.74) is -0.161. The van der Waals surface area contributed by atoms with Gasteiger partial charge in [-0.05, 0) is 54.9 Å². The van der Waals surface area contributed by atoms with Crippen LogP contribution in [0.5, 0.6) is 11.5 Å². The van der Waals surface area contributed by atoms with Crippen LogP contribution in [-0.2, 0) is 0 Å². The Morgan fingerprint density at radius 1 is 1.16 bits per heavy atom. The maximum atomic E-state index is 10.1. The molecule has 0 saturated heterocycles. The number of allylic oxidation sites excluding steroid dienone is 2. The molecule has 0 aromatic heterocycles. The van der Waals surface area contributed by atoms with Crippen molar-refractivity contribution in [1.82, 2.24) is 0 Å². The zero-order chi connectivity index (χ0) is 22.4. The third-order valence-electron chi connectivity index (χ3n) is 6.48. The number of nitriles is 3. The summed E-state index contributed by atoms with van der Waals surface area (Å²) in [4.78, 5) is 0. The molecule has 6 heteroatoms. The van der Waals surface area contributed by atoms with Crippen molar-refractivity contribution in [3.8, 4) is 29.7 Å². The molecular formula is C25H28N4O2. The molecular weight excluding hydrogens is 388 g/mol. The number of ether oxygens (including phenoxy) is 2. The first kappa shape index (κ1) is 22.4. The van der Waals surface area contributed by atoms with Crippen LogP contribution in [0.15, 0.2) is 29.8 Å². The fraction of sp³-hybridized carbons (Fsp3) is 0.520. The van der Waals surface area contributed by atoms with E-state index in [2.05, 4.69) is 25.1 Å². The van der Waals surface area contributed by atoms with Gasteiger partial charge in [0.2, 0.25) is 0 Å². The minimum absolute atomic E-state index is 0.117. The Balaban J connectivity index is 2.06. The van der Waals surface area contributed by atoms with Crippen molar-refractivity contribution in [3.05, 3.63) is 35.4 Å². The first-order valence-corrected chi connectivity index (χ1v) is 10.9.